The molecule has 11 heteroatoms. The van der Waals surface area contributed by atoms with Crippen LogP contribution in [0.25, 0.3) is 10.2 Å². The van der Waals surface area contributed by atoms with E-state index in [1.807, 2.05) is 0 Å². The molecule has 0 aliphatic heterocycles. The van der Waals surface area contributed by atoms with E-state index >= 15 is 0 Å². The highest BCUT2D eigenvalue weighted by molar-refractivity contribution is 7.17. The quantitative estimate of drug-likeness (QED) is 0.400. The minimum absolute atomic E-state index is 0.191. The first-order valence-electron chi connectivity index (χ1n) is 10.4. The Morgan fingerprint density at radius 2 is 1.69 bits per heavy atom. The van der Waals surface area contributed by atoms with E-state index in [9.17, 15) is 18.8 Å². The third kappa shape index (κ3) is 4.62. The molecule has 0 spiro atoms. The largest absolute Gasteiger partial charge is 0.493 e. The van der Waals surface area contributed by atoms with Gasteiger partial charge < -0.3 is 19.5 Å². The molecule has 1 N–H and O–H groups in total. The number of nitrogens with one attached hydrogen (secondary N) is 1. The van der Waals surface area contributed by atoms with Gasteiger partial charge >= 0.3 is 5.69 Å². The summed E-state index contributed by atoms with van der Waals surface area (Å²) in [6.07, 6.45) is 0. The summed E-state index contributed by atoms with van der Waals surface area (Å²) >= 11 is 1.15. The molecule has 0 atom stereocenters. The molecule has 2 aromatic carbocycles. The van der Waals surface area contributed by atoms with E-state index in [-0.39, 0.29) is 18.7 Å². The van der Waals surface area contributed by atoms with Crippen LogP contribution in [0, 0.1) is 5.82 Å². The van der Waals surface area contributed by atoms with Crippen molar-refractivity contribution in [1.29, 1.82) is 0 Å². The van der Waals surface area contributed by atoms with Gasteiger partial charge in [0.25, 0.3) is 5.56 Å². The molecule has 4 rings (SSSR count). The number of rotatable bonds is 8. The minimum Gasteiger partial charge on any atom is -0.493 e. The number of methoxy groups -OCH3 is 3. The molecule has 2 aromatic heterocycles. The zero-order chi connectivity index (χ0) is 25.1. The van der Waals surface area contributed by atoms with Crippen LogP contribution in [0.3, 0.4) is 0 Å². The Hall–Kier alpha value is -4.12. The van der Waals surface area contributed by atoms with Crippen LogP contribution in [0.4, 0.5) is 10.1 Å². The van der Waals surface area contributed by atoms with E-state index in [0.717, 1.165) is 15.9 Å². The fourth-order valence-corrected chi connectivity index (χ4v) is 4.56. The zero-order valence-electron chi connectivity index (χ0n) is 19.2. The molecular formula is C24H22FN3O6S. The maximum Gasteiger partial charge on any atom is 0.332 e. The lowest BCUT2D eigenvalue weighted by atomic mass is 10.2. The summed E-state index contributed by atoms with van der Waals surface area (Å²) < 4.78 is 32.5. The summed E-state index contributed by atoms with van der Waals surface area (Å²) in [5, 5.41) is 4.37. The van der Waals surface area contributed by atoms with E-state index in [1.165, 1.54) is 44.1 Å². The number of amides is 1. The van der Waals surface area contributed by atoms with Gasteiger partial charge in [0.2, 0.25) is 11.7 Å². The lowest BCUT2D eigenvalue weighted by Gasteiger charge is -2.15. The van der Waals surface area contributed by atoms with Gasteiger partial charge in [-0.2, -0.15) is 0 Å². The van der Waals surface area contributed by atoms with Crippen LogP contribution < -0.4 is 30.8 Å². The number of benzene rings is 2. The Balaban J connectivity index is 1.70. The second-order valence-corrected chi connectivity index (χ2v) is 8.36. The number of anilines is 1. The van der Waals surface area contributed by atoms with Gasteiger partial charge in [-0.15, -0.1) is 11.3 Å². The van der Waals surface area contributed by atoms with E-state index < -0.39 is 23.0 Å². The average Bonchev–Trinajstić information content (AvgIpc) is 3.35. The summed E-state index contributed by atoms with van der Waals surface area (Å²) in [5.41, 5.74) is -0.377. The third-order valence-corrected chi connectivity index (χ3v) is 6.26. The van der Waals surface area contributed by atoms with Crippen molar-refractivity contribution in [2.24, 2.45) is 0 Å². The van der Waals surface area contributed by atoms with Crippen LogP contribution in [0.1, 0.15) is 5.56 Å². The maximum absolute atomic E-state index is 14.2. The van der Waals surface area contributed by atoms with Crippen molar-refractivity contribution in [1.82, 2.24) is 9.13 Å². The molecular weight excluding hydrogens is 477 g/mol. The van der Waals surface area contributed by atoms with Crippen molar-refractivity contribution in [3.8, 4) is 17.2 Å². The van der Waals surface area contributed by atoms with Gasteiger partial charge in [0.05, 0.1) is 33.4 Å². The summed E-state index contributed by atoms with van der Waals surface area (Å²) in [4.78, 5) is 39.1. The molecule has 0 saturated carbocycles. The van der Waals surface area contributed by atoms with Gasteiger partial charge in [-0.05, 0) is 17.5 Å². The number of nitrogens with zero attached hydrogens (tertiary/aromatic N) is 2. The van der Waals surface area contributed by atoms with E-state index in [4.69, 9.17) is 14.2 Å². The van der Waals surface area contributed by atoms with Gasteiger partial charge in [0, 0.05) is 23.4 Å². The Morgan fingerprint density at radius 3 is 2.31 bits per heavy atom. The molecule has 0 unspecified atom stereocenters. The first-order valence-corrected chi connectivity index (χ1v) is 11.3. The van der Waals surface area contributed by atoms with E-state index in [2.05, 4.69) is 5.32 Å². The van der Waals surface area contributed by atoms with Crippen LogP contribution in [0.15, 0.2) is 57.4 Å². The number of thiophene rings is 1. The first kappa shape index (κ1) is 24.0. The normalized spacial score (nSPS) is 10.9. The molecule has 35 heavy (non-hydrogen) atoms. The predicted octanol–water partition coefficient (Wildman–Crippen LogP) is 3.08. The third-order valence-electron chi connectivity index (χ3n) is 5.37. The second kappa shape index (κ2) is 10.0. The highest BCUT2D eigenvalue weighted by Gasteiger charge is 2.19. The van der Waals surface area contributed by atoms with Crippen LogP contribution in [-0.4, -0.2) is 36.4 Å². The SMILES string of the molecule is COc1cc(NC(=O)Cn2c(=O)n(Cc3ccccc3F)c(=O)c3sccc32)cc(OC)c1OC. The van der Waals surface area contributed by atoms with Crippen LogP contribution >= 0.6 is 11.3 Å². The monoisotopic (exact) mass is 499 g/mol. The summed E-state index contributed by atoms with van der Waals surface area (Å²) in [6, 6.07) is 10.6. The standard InChI is InChI=1S/C24H22FN3O6S/c1-32-18-10-15(11-19(33-2)21(18)34-3)26-20(29)13-27-17-8-9-35-22(17)23(30)28(24(27)31)12-14-6-4-5-7-16(14)25/h4-11H,12-13H2,1-3H3,(H,26,29). The molecule has 0 fully saturated rings. The van der Waals surface area contributed by atoms with Crippen molar-refractivity contribution in [2.45, 2.75) is 13.1 Å². The van der Waals surface area contributed by atoms with Gasteiger partial charge in [-0.3, -0.25) is 18.7 Å². The number of carbonyl (C=O) groups excluding carboxylic acids is 1. The van der Waals surface area contributed by atoms with Crippen molar-refractivity contribution < 1.29 is 23.4 Å². The molecule has 0 saturated heterocycles. The first-order chi connectivity index (χ1) is 16.9. The second-order valence-electron chi connectivity index (χ2n) is 7.45. The molecule has 2 heterocycles. The number of hydrogen-bond acceptors (Lipinski definition) is 7. The summed E-state index contributed by atoms with van der Waals surface area (Å²) in [6.45, 7) is -0.632. The summed E-state index contributed by atoms with van der Waals surface area (Å²) in [5.74, 6) is 0.00196. The van der Waals surface area contributed by atoms with Crippen LogP contribution in [0.2, 0.25) is 0 Å². The van der Waals surface area contributed by atoms with Crippen LogP contribution in [-0.2, 0) is 17.9 Å². The molecule has 0 radical (unpaired) electrons. The van der Waals surface area contributed by atoms with Gasteiger partial charge in [-0.25, -0.2) is 9.18 Å². The van der Waals surface area contributed by atoms with Crippen LogP contribution in [0.5, 0.6) is 17.2 Å². The average molecular weight is 500 g/mol. The summed E-state index contributed by atoms with van der Waals surface area (Å²) in [7, 11) is 4.37. The Morgan fingerprint density at radius 1 is 1.00 bits per heavy atom. The Kier molecular flexibility index (Phi) is 6.87. The predicted molar refractivity (Wildman–Crippen MR) is 131 cm³/mol. The molecule has 0 bridgehead atoms. The van der Waals surface area contributed by atoms with Gasteiger partial charge in [-0.1, -0.05) is 18.2 Å². The topological polar surface area (TPSA) is 101 Å². The number of hydrogen-bond donors (Lipinski definition) is 1. The fraction of sp³-hybridized carbons (Fsp3) is 0.208. The number of fused-ring (bicyclic) bond motifs is 1. The van der Waals surface area contributed by atoms with E-state index in [0.29, 0.717) is 33.2 Å². The van der Waals surface area contributed by atoms with Gasteiger partial charge in [0.15, 0.2) is 11.5 Å². The number of ether oxygens (including phenoxy) is 3. The van der Waals surface area contributed by atoms with Crippen molar-refractivity contribution in [2.75, 3.05) is 26.6 Å². The lowest BCUT2D eigenvalue weighted by molar-refractivity contribution is -0.116. The molecule has 4 aromatic rings. The van der Waals surface area contributed by atoms with Crippen molar-refractivity contribution in [3.05, 3.63) is 80.1 Å². The molecule has 0 aliphatic rings. The smallest absolute Gasteiger partial charge is 0.332 e. The Bertz CT molecular complexity index is 1500. The maximum atomic E-state index is 14.2. The van der Waals surface area contributed by atoms with Gasteiger partial charge in [0.1, 0.15) is 17.1 Å². The number of carbonyl (C=O) groups is 1. The number of halogens is 1. The number of aromatic nitrogens is 2. The fourth-order valence-electron chi connectivity index (χ4n) is 3.72. The molecule has 1 amide bonds. The molecule has 9 nitrogen and oxygen atoms in total. The van der Waals surface area contributed by atoms with Crippen molar-refractivity contribution >= 4 is 33.1 Å². The lowest BCUT2D eigenvalue weighted by Crippen LogP contribution is -2.41. The van der Waals surface area contributed by atoms with E-state index in [1.54, 1.807) is 29.6 Å². The Labute approximate surface area is 202 Å². The highest BCUT2D eigenvalue weighted by atomic mass is 32.1. The molecule has 0 aliphatic carbocycles. The zero-order valence-corrected chi connectivity index (χ0v) is 20.0. The molecule has 182 valence electrons. The minimum atomic E-state index is -0.718. The van der Waals surface area contributed by atoms with Crippen molar-refractivity contribution in [3.63, 3.8) is 0 Å². The highest BCUT2D eigenvalue weighted by Crippen LogP contribution is 2.39.